The normalized spacial score (nSPS) is 13.9. The van der Waals surface area contributed by atoms with Crippen LogP contribution in [0.4, 0.5) is 13.2 Å². The number of carbonyl (C=O) groups is 1. The summed E-state index contributed by atoms with van der Waals surface area (Å²) in [4.78, 5) is 10.1. The van der Waals surface area contributed by atoms with Crippen molar-refractivity contribution in [1.29, 1.82) is 0 Å². The Hall–Kier alpha value is -1.53. The second-order valence-corrected chi connectivity index (χ2v) is 3.13. The standard InChI is InChI=1S/C8H9F3N2O2/c1-4-5(3-13(2)12-4)6(9)8(10,11)7(14)15/h3,6H,1-2H3,(H,14,15). The van der Waals surface area contributed by atoms with E-state index < -0.39 is 23.6 Å². The summed E-state index contributed by atoms with van der Waals surface area (Å²) in [5.74, 6) is -6.92. The van der Waals surface area contributed by atoms with Gasteiger partial charge >= 0.3 is 11.9 Å². The number of carboxylic acid groups (broad SMARTS) is 1. The van der Waals surface area contributed by atoms with Gasteiger partial charge in [0.05, 0.1) is 5.69 Å². The van der Waals surface area contributed by atoms with E-state index in [1.165, 1.54) is 14.0 Å². The van der Waals surface area contributed by atoms with Crippen LogP contribution in [0.15, 0.2) is 6.20 Å². The van der Waals surface area contributed by atoms with Crippen molar-refractivity contribution in [2.45, 2.75) is 19.0 Å². The Morgan fingerprint density at radius 2 is 2.20 bits per heavy atom. The topological polar surface area (TPSA) is 55.1 Å². The number of hydrogen-bond acceptors (Lipinski definition) is 2. The summed E-state index contributed by atoms with van der Waals surface area (Å²) >= 11 is 0. The molecule has 84 valence electrons. The van der Waals surface area contributed by atoms with Crippen LogP contribution in [0.2, 0.25) is 0 Å². The molecule has 4 nitrogen and oxygen atoms in total. The van der Waals surface area contributed by atoms with Gasteiger partial charge in [-0.05, 0) is 6.92 Å². The van der Waals surface area contributed by atoms with Crippen LogP contribution in [0.3, 0.4) is 0 Å². The Morgan fingerprint density at radius 3 is 2.53 bits per heavy atom. The highest BCUT2D eigenvalue weighted by atomic mass is 19.3. The maximum Gasteiger partial charge on any atom is 0.378 e. The first kappa shape index (κ1) is 11.5. The lowest BCUT2D eigenvalue weighted by atomic mass is 10.1. The van der Waals surface area contributed by atoms with Crippen LogP contribution in [0.25, 0.3) is 0 Å². The molecule has 7 heteroatoms. The minimum atomic E-state index is -4.44. The fourth-order valence-electron chi connectivity index (χ4n) is 1.17. The molecular formula is C8H9F3N2O2. The van der Waals surface area contributed by atoms with Crippen molar-refractivity contribution in [3.05, 3.63) is 17.5 Å². The Labute approximate surface area is 83.3 Å². The van der Waals surface area contributed by atoms with Gasteiger partial charge in [-0.3, -0.25) is 4.68 Å². The molecule has 0 fully saturated rings. The maximum absolute atomic E-state index is 13.3. The van der Waals surface area contributed by atoms with Gasteiger partial charge in [0, 0.05) is 18.8 Å². The molecule has 0 amide bonds. The molecular weight excluding hydrogens is 213 g/mol. The lowest BCUT2D eigenvalue weighted by Crippen LogP contribution is -2.33. The van der Waals surface area contributed by atoms with Gasteiger partial charge in [-0.1, -0.05) is 0 Å². The van der Waals surface area contributed by atoms with E-state index in [1.807, 2.05) is 0 Å². The van der Waals surface area contributed by atoms with Crippen LogP contribution in [-0.4, -0.2) is 26.8 Å². The van der Waals surface area contributed by atoms with Gasteiger partial charge in [-0.25, -0.2) is 9.18 Å². The molecule has 1 heterocycles. The zero-order valence-electron chi connectivity index (χ0n) is 8.04. The summed E-state index contributed by atoms with van der Waals surface area (Å²) in [6.07, 6.45) is -1.85. The zero-order chi connectivity index (χ0) is 11.8. The maximum atomic E-state index is 13.3. The molecule has 15 heavy (non-hydrogen) atoms. The molecule has 1 rings (SSSR count). The lowest BCUT2D eigenvalue weighted by Gasteiger charge is -2.15. The number of rotatable bonds is 3. The summed E-state index contributed by atoms with van der Waals surface area (Å²) in [6, 6.07) is 0. The number of alkyl halides is 3. The van der Waals surface area contributed by atoms with Crippen molar-refractivity contribution >= 4 is 5.97 Å². The van der Waals surface area contributed by atoms with Crippen LogP contribution >= 0.6 is 0 Å². The highest BCUT2D eigenvalue weighted by Crippen LogP contribution is 2.36. The molecule has 0 saturated carbocycles. The van der Waals surface area contributed by atoms with E-state index in [0.717, 1.165) is 10.9 Å². The smallest absolute Gasteiger partial charge is 0.378 e. The van der Waals surface area contributed by atoms with E-state index in [9.17, 15) is 18.0 Å². The van der Waals surface area contributed by atoms with E-state index >= 15 is 0 Å². The first-order valence-electron chi connectivity index (χ1n) is 4.02. The number of hydrogen-bond donors (Lipinski definition) is 1. The first-order chi connectivity index (χ1) is 6.76. The molecule has 1 atom stereocenters. The molecule has 1 aromatic heterocycles. The molecule has 1 unspecified atom stereocenters. The predicted octanol–water partition coefficient (Wildman–Crippen LogP) is 1.46. The third-order valence-electron chi connectivity index (χ3n) is 1.93. The zero-order valence-corrected chi connectivity index (χ0v) is 8.04. The average Bonchev–Trinajstić information content (AvgIpc) is 2.43. The van der Waals surface area contributed by atoms with E-state index in [0.29, 0.717) is 0 Å². The number of aryl methyl sites for hydroxylation is 2. The Kier molecular flexibility index (Phi) is 2.74. The quantitative estimate of drug-likeness (QED) is 0.842. The van der Waals surface area contributed by atoms with E-state index in [1.54, 1.807) is 0 Å². The largest absolute Gasteiger partial charge is 0.477 e. The molecule has 0 aliphatic carbocycles. The Morgan fingerprint density at radius 1 is 1.67 bits per heavy atom. The van der Waals surface area contributed by atoms with Gasteiger partial charge < -0.3 is 5.11 Å². The van der Waals surface area contributed by atoms with E-state index in [2.05, 4.69) is 5.10 Å². The third-order valence-corrected chi connectivity index (χ3v) is 1.93. The molecule has 1 N–H and O–H groups in total. The second-order valence-electron chi connectivity index (χ2n) is 3.13. The van der Waals surface area contributed by atoms with Crippen LogP contribution in [0.5, 0.6) is 0 Å². The molecule has 0 aliphatic rings. The van der Waals surface area contributed by atoms with E-state index in [-0.39, 0.29) is 5.69 Å². The van der Waals surface area contributed by atoms with Crippen LogP contribution in [0.1, 0.15) is 17.4 Å². The molecule has 0 spiro atoms. The third kappa shape index (κ3) is 1.95. The van der Waals surface area contributed by atoms with Crippen LogP contribution in [-0.2, 0) is 11.8 Å². The molecule has 0 radical (unpaired) electrons. The van der Waals surface area contributed by atoms with Crippen molar-refractivity contribution in [2.24, 2.45) is 7.05 Å². The summed E-state index contributed by atoms with van der Waals surface area (Å²) in [7, 11) is 1.43. The van der Waals surface area contributed by atoms with Crippen molar-refractivity contribution < 1.29 is 23.1 Å². The first-order valence-corrected chi connectivity index (χ1v) is 4.02. The number of aromatic nitrogens is 2. The number of halogens is 3. The highest BCUT2D eigenvalue weighted by Gasteiger charge is 2.50. The van der Waals surface area contributed by atoms with Gasteiger partial charge in [0.2, 0.25) is 6.17 Å². The minimum absolute atomic E-state index is 0.0472. The van der Waals surface area contributed by atoms with E-state index in [4.69, 9.17) is 5.11 Å². The lowest BCUT2D eigenvalue weighted by molar-refractivity contribution is -0.175. The molecule has 1 aromatic rings. The van der Waals surface area contributed by atoms with Crippen molar-refractivity contribution in [3.63, 3.8) is 0 Å². The second kappa shape index (κ2) is 3.56. The molecule has 0 bridgehead atoms. The fourth-order valence-corrected chi connectivity index (χ4v) is 1.17. The van der Waals surface area contributed by atoms with Crippen molar-refractivity contribution in [2.75, 3.05) is 0 Å². The number of nitrogens with zero attached hydrogens (tertiary/aromatic N) is 2. The van der Waals surface area contributed by atoms with Gasteiger partial charge in [0.1, 0.15) is 0 Å². The van der Waals surface area contributed by atoms with Crippen molar-refractivity contribution in [3.8, 4) is 0 Å². The Balaban J connectivity index is 3.09. The van der Waals surface area contributed by atoms with Gasteiger partial charge in [0.15, 0.2) is 0 Å². The SMILES string of the molecule is Cc1nn(C)cc1C(F)C(F)(F)C(=O)O. The summed E-state index contributed by atoms with van der Waals surface area (Å²) in [6.45, 7) is 1.33. The predicted molar refractivity (Wildman–Crippen MR) is 44.4 cm³/mol. The monoisotopic (exact) mass is 222 g/mol. The summed E-state index contributed by atoms with van der Waals surface area (Å²) < 4.78 is 40.0. The molecule has 0 saturated heterocycles. The minimum Gasteiger partial charge on any atom is -0.477 e. The fraction of sp³-hybridized carbons (Fsp3) is 0.500. The van der Waals surface area contributed by atoms with Crippen LogP contribution in [0, 0.1) is 6.92 Å². The van der Waals surface area contributed by atoms with Gasteiger partial charge in [0.25, 0.3) is 0 Å². The van der Waals surface area contributed by atoms with Crippen LogP contribution < -0.4 is 0 Å². The highest BCUT2D eigenvalue weighted by molar-refractivity contribution is 5.76. The van der Waals surface area contributed by atoms with Crippen molar-refractivity contribution in [1.82, 2.24) is 9.78 Å². The molecule has 0 aliphatic heterocycles. The Bertz CT molecular complexity index is 389. The number of aliphatic carboxylic acids is 1. The number of carboxylic acids is 1. The molecule has 0 aromatic carbocycles. The summed E-state index contributed by atoms with van der Waals surface area (Å²) in [5, 5.41) is 11.8. The average molecular weight is 222 g/mol. The summed E-state index contributed by atoms with van der Waals surface area (Å²) in [5.41, 5.74) is -0.365. The van der Waals surface area contributed by atoms with Gasteiger partial charge in [-0.15, -0.1) is 0 Å². The van der Waals surface area contributed by atoms with Gasteiger partial charge in [-0.2, -0.15) is 13.9 Å².